The summed E-state index contributed by atoms with van der Waals surface area (Å²) in [5.74, 6) is 4.55. The Balaban J connectivity index is 1.49. The van der Waals surface area contributed by atoms with Gasteiger partial charge in [-0.2, -0.15) is 0 Å². The summed E-state index contributed by atoms with van der Waals surface area (Å²) in [6.45, 7) is 2.66. The predicted octanol–water partition coefficient (Wildman–Crippen LogP) is 6.46. The Morgan fingerprint density at radius 1 is 0.850 bits per heavy atom. The normalized spacial score (nSPS) is 10.8. The number of methoxy groups -OCH3 is 1. The third kappa shape index (κ3) is 7.52. The van der Waals surface area contributed by atoms with Crippen LogP contribution in [-0.4, -0.2) is 31.3 Å². The average molecular weight is 556 g/mol. The van der Waals surface area contributed by atoms with Crippen molar-refractivity contribution in [2.24, 2.45) is 0 Å². The molecule has 0 spiro atoms. The lowest BCUT2D eigenvalue weighted by atomic mass is 10.1. The van der Waals surface area contributed by atoms with Crippen molar-refractivity contribution in [3.63, 3.8) is 0 Å². The number of carbonyl (C=O) groups excluding carboxylic acids is 2. The second-order valence-electron chi connectivity index (χ2n) is 9.12. The van der Waals surface area contributed by atoms with Crippen LogP contribution in [0.15, 0.2) is 118 Å². The van der Waals surface area contributed by atoms with Gasteiger partial charge in [0.2, 0.25) is 4.90 Å². The van der Waals surface area contributed by atoms with Gasteiger partial charge in [0.15, 0.2) is 27.7 Å². The second kappa shape index (κ2) is 13.0. The number of esters is 2. The molecule has 0 N–H and O–H groups in total. The maximum Gasteiger partial charge on any atom is 0.345 e. The van der Waals surface area contributed by atoms with E-state index in [0.717, 1.165) is 14.7 Å². The Morgan fingerprint density at radius 3 is 2.02 bits per heavy atom. The zero-order valence-corrected chi connectivity index (χ0v) is 23.2. The van der Waals surface area contributed by atoms with Crippen molar-refractivity contribution >= 4 is 22.8 Å². The predicted molar refractivity (Wildman–Crippen MR) is 152 cm³/mol. The molecule has 0 atom stereocenters. The van der Waals surface area contributed by atoms with Crippen molar-refractivity contribution in [1.29, 1.82) is 0 Å². The Labute approximate surface area is 236 Å². The molecule has 0 radical (unpaired) electrons. The Hall–Kier alpha value is -4.54. The maximum atomic E-state index is 13.1. The minimum Gasteiger partial charge on any atom is -0.491 e. The van der Waals surface area contributed by atoms with Crippen molar-refractivity contribution in [2.45, 2.75) is 34.1 Å². The summed E-state index contributed by atoms with van der Waals surface area (Å²) < 4.78 is 29.5. The van der Waals surface area contributed by atoms with E-state index in [4.69, 9.17) is 14.2 Å². The van der Waals surface area contributed by atoms with Crippen molar-refractivity contribution in [3.05, 3.63) is 120 Å². The fraction of sp³-hybridized carbons (Fsp3) is 0.152. The molecule has 0 aliphatic rings. The third-order valence-corrected chi connectivity index (χ3v) is 7.87. The molecule has 0 aliphatic heterocycles. The van der Waals surface area contributed by atoms with E-state index in [1.807, 2.05) is 60.7 Å². The zero-order valence-electron chi connectivity index (χ0n) is 22.3. The van der Waals surface area contributed by atoms with E-state index in [0.29, 0.717) is 11.3 Å². The van der Waals surface area contributed by atoms with E-state index in [9.17, 15) is 14.0 Å². The fourth-order valence-electron chi connectivity index (χ4n) is 3.77. The molecular formula is C33H28FO5S+. The van der Waals surface area contributed by atoms with Crippen molar-refractivity contribution in [2.75, 3.05) is 13.7 Å². The second-order valence-corrected chi connectivity index (χ2v) is 11.1. The highest BCUT2D eigenvalue weighted by molar-refractivity contribution is 7.97. The summed E-state index contributed by atoms with van der Waals surface area (Å²) in [5, 5.41) is 0. The fourth-order valence-corrected chi connectivity index (χ4v) is 6.01. The highest BCUT2D eigenvalue weighted by Gasteiger charge is 2.33. The molecule has 0 heterocycles. The monoisotopic (exact) mass is 555 g/mol. The summed E-state index contributed by atoms with van der Waals surface area (Å²) in [7, 11) is 1.03. The van der Waals surface area contributed by atoms with Crippen molar-refractivity contribution in [3.8, 4) is 17.6 Å². The maximum absolute atomic E-state index is 13.1. The average Bonchev–Trinajstić information content (AvgIpc) is 2.96. The Morgan fingerprint density at radius 2 is 1.45 bits per heavy atom. The van der Waals surface area contributed by atoms with E-state index < -0.39 is 35.0 Å². The van der Waals surface area contributed by atoms with E-state index in [2.05, 4.69) is 11.8 Å². The van der Waals surface area contributed by atoms with Crippen LogP contribution in [0.4, 0.5) is 4.39 Å². The summed E-state index contributed by atoms with van der Waals surface area (Å²) >= 11 is 0. The van der Waals surface area contributed by atoms with Crippen LogP contribution in [0.25, 0.3) is 0 Å². The number of ether oxygens (including phenoxy) is 3. The van der Waals surface area contributed by atoms with Crippen LogP contribution < -0.4 is 4.74 Å². The van der Waals surface area contributed by atoms with Crippen molar-refractivity contribution in [1.82, 2.24) is 0 Å². The molecule has 40 heavy (non-hydrogen) atoms. The van der Waals surface area contributed by atoms with Crippen LogP contribution in [-0.2, 0) is 25.2 Å². The minimum atomic E-state index is -1.15. The molecule has 0 unspecified atom stereocenters. The number of carbonyl (C=O) groups is 2. The van der Waals surface area contributed by atoms with Crippen LogP contribution in [0, 0.1) is 17.7 Å². The largest absolute Gasteiger partial charge is 0.491 e. The van der Waals surface area contributed by atoms with Gasteiger partial charge in [-0.3, -0.25) is 0 Å². The van der Waals surface area contributed by atoms with Gasteiger partial charge < -0.3 is 14.2 Å². The summed E-state index contributed by atoms with van der Waals surface area (Å²) in [6.07, 6.45) is 0. The molecular weight excluding hydrogens is 527 g/mol. The SMILES string of the molecule is COc1ccc(C(=O)OCC(=O)OC(C)(C)C#Cc2ccc(F)cc2)cc1[S+](c1ccccc1)c1ccccc1. The van der Waals surface area contributed by atoms with Gasteiger partial charge in [-0.15, -0.1) is 0 Å². The number of hydrogen-bond donors (Lipinski definition) is 0. The summed E-state index contributed by atoms with van der Waals surface area (Å²) in [6, 6.07) is 30.7. The number of hydrogen-bond acceptors (Lipinski definition) is 5. The molecule has 202 valence electrons. The molecule has 0 aromatic heterocycles. The summed E-state index contributed by atoms with van der Waals surface area (Å²) in [4.78, 5) is 28.4. The molecule has 4 aromatic rings. The van der Waals surface area contributed by atoms with Gasteiger partial charge in [0.25, 0.3) is 0 Å². The first-order chi connectivity index (χ1) is 19.3. The van der Waals surface area contributed by atoms with Gasteiger partial charge in [0.05, 0.1) is 12.7 Å². The molecule has 0 amide bonds. The van der Waals surface area contributed by atoms with Crippen LogP contribution >= 0.6 is 0 Å². The topological polar surface area (TPSA) is 61.8 Å². The first-order valence-electron chi connectivity index (χ1n) is 12.5. The van der Waals surface area contributed by atoms with Crippen LogP contribution in [0.5, 0.6) is 5.75 Å². The molecule has 4 rings (SSSR count). The lowest BCUT2D eigenvalue weighted by molar-refractivity contribution is -0.155. The van der Waals surface area contributed by atoms with E-state index in [-0.39, 0.29) is 11.4 Å². The van der Waals surface area contributed by atoms with Crippen LogP contribution in [0.1, 0.15) is 29.8 Å². The standard InChI is InChI=1S/C33H28FO5S/c1-33(2,21-20-24-14-17-26(34)18-15-24)39-31(35)23-38-32(36)25-16-19-29(37-3)30(22-25)40(27-10-6-4-7-11-27)28-12-8-5-9-13-28/h4-19,22H,23H2,1-3H3/q+1. The molecule has 0 fully saturated rings. The quantitative estimate of drug-likeness (QED) is 0.142. The Kier molecular flexibility index (Phi) is 9.26. The zero-order chi connectivity index (χ0) is 28.5. The molecule has 0 saturated carbocycles. The number of benzene rings is 4. The van der Waals surface area contributed by atoms with Gasteiger partial charge >= 0.3 is 11.9 Å². The van der Waals surface area contributed by atoms with E-state index in [1.54, 1.807) is 39.2 Å². The van der Waals surface area contributed by atoms with Gasteiger partial charge in [0, 0.05) is 11.6 Å². The van der Waals surface area contributed by atoms with E-state index in [1.165, 1.54) is 24.3 Å². The van der Waals surface area contributed by atoms with Crippen molar-refractivity contribution < 1.29 is 28.2 Å². The molecule has 0 aliphatic carbocycles. The number of halogens is 1. The lowest BCUT2D eigenvalue weighted by Gasteiger charge is -2.18. The molecule has 5 nitrogen and oxygen atoms in total. The Bertz CT molecular complexity index is 1480. The third-order valence-electron chi connectivity index (χ3n) is 5.62. The van der Waals surface area contributed by atoms with Gasteiger partial charge in [-0.25, -0.2) is 14.0 Å². The van der Waals surface area contributed by atoms with Gasteiger partial charge in [-0.1, -0.05) is 48.2 Å². The molecule has 0 bridgehead atoms. The highest BCUT2D eigenvalue weighted by Crippen LogP contribution is 2.37. The first kappa shape index (κ1) is 28.5. The highest BCUT2D eigenvalue weighted by atomic mass is 32.2. The van der Waals surface area contributed by atoms with Crippen LogP contribution in [0.2, 0.25) is 0 Å². The first-order valence-corrected chi connectivity index (χ1v) is 13.7. The lowest BCUT2D eigenvalue weighted by Crippen LogP contribution is -2.29. The van der Waals surface area contributed by atoms with Crippen LogP contribution in [0.3, 0.4) is 0 Å². The summed E-state index contributed by atoms with van der Waals surface area (Å²) in [5.41, 5.74) is -0.286. The minimum absolute atomic E-state index is 0.281. The molecule has 4 aromatic carbocycles. The van der Waals surface area contributed by atoms with E-state index >= 15 is 0 Å². The van der Waals surface area contributed by atoms with Gasteiger partial charge in [0.1, 0.15) is 16.7 Å². The smallest absolute Gasteiger partial charge is 0.345 e. The number of rotatable bonds is 8. The van der Waals surface area contributed by atoms with Gasteiger partial charge in [-0.05, 0) is 74.5 Å². The molecule has 0 saturated heterocycles. The molecule has 7 heteroatoms.